The average Bonchev–Trinajstić information content (AvgIpc) is 2.95. The van der Waals surface area contributed by atoms with Crippen LogP contribution in [0, 0.1) is 0 Å². The molecule has 1 aliphatic rings. The Morgan fingerprint density at radius 1 is 1.50 bits per heavy atom. The van der Waals surface area contributed by atoms with Crippen LogP contribution in [0.3, 0.4) is 0 Å². The second-order valence-electron chi connectivity index (χ2n) is 5.32. The second kappa shape index (κ2) is 6.11. The Morgan fingerprint density at radius 3 is 2.94 bits per heavy atom. The van der Waals surface area contributed by atoms with E-state index in [-0.39, 0.29) is 0 Å². The molecule has 0 saturated heterocycles. The first-order chi connectivity index (χ1) is 8.65. The molecule has 4 heteroatoms. The summed E-state index contributed by atoms with van der Waals surface area (Å²) in [5.74, 6) is 0. The number of thioether (sulfide) groups is 1. The highest BCUT2D eigenvalue weighted by atomic mass is 32.2. The van der Waals surface area contributed by atoms with Crippen LogP contribution in [-0.2, 0) is 20.0 Å². The molecule has 0 spiro atoms. The first kappa shape index (κ1) is 13.9. The van der Waals surface area contributed by atoms with E-state index < -0.39 is 0 Å². The summed E-state index contributed by atoms with van der Waals surface area (Å²) in [6, 6.07) is 0.741. The van der Waals surface area contributed by atoms with Gasteiger partial charge in [0.15, 0.2) is 0 Å². The van der Waals surface area contributed by atoms with Gasteiger partial charge in [0.2, 0.25) is 0 Å². The largest absolute Gasteiger partial charge is 0.298 e. The van der Waals surface area contributed by atoms with Gasteiger partial charge in [-0.2, -0.15) is 16.9 Å². The van der Waals surface area contributed by atoms with Crippen LogP contribution in [0.15, 0.2) is 6.20 Å². The molecule has 2 rings (SSSR count). The lowest BCUT2D eigenvalue weighted by Gasteiger charge is -2.28. The van der Waals surface area contributed by atoms with Crippen LogP contribution in [-0.4, -0.2) is 39.3 Å². The molecule has 1 aromatic rings. The molecule has 1 fully saturated rings. The molecule has 2 unspecified atom stereocenters. The minimum Gasteiger partial charge on any atom is -0.298 e. The Morgan fingerprint density at radius 2 is 2.28 bits per heavy atom. The fourth-order valence-corrected chi connectivity index (χ4v) is 4.15. The SMILES string of the molecule is CCc1nn(C)cc1CN(C)C1CCCC1SC. The Balaban J connectivity index is 2.03. The van der Waals surface area contributed by atoms with E-state index in [0.29, 0.717) is 0 Å². The summed E-state index contributed by atoms with van der Waals surface area (Å²) in [4.78, 5) is 2.53. The van der Waals surface area contributed by atoms with Crippen molar-refractivity contribution in [1.82, 2.24) is 14.7 Å². The zero-order chi connectivity index (χ0) is 13.1. The van der Waals surface area contributed by atoms with E-state index in [0.717, 1.165) is 24.3 Å². The minimum atomic E-state index is 0.741. The van der Waals surface area contributed by atoms with Gasteiger partial charge in [0.1, 0.15) is 0 Å². The maximum atomic E-state index is 4.53. The Kier molecular flexibility index (Phi) is 4.73. The van der Waals surface area contributed by atoms with E-state index in [4.69, 9.17) is 0 Å². The van der Waals surface area contributed by atoms with Crippen LogP contribution in [0.1, 0.15) is 37.4 Å². The number of rotatable bonds is 5. The third-order valence-corrected chi connectivity index (χ3v) is 5.19. The Bertz CT molecular complexity index is 388. The van der Waals surface area contributed by atoms with E-state index in [1.54, 1.807) is 0 Å². The van der Waals surface area contributed by atoms with Crippen molar-refractivity contribution in [2.45, 2.75) is 50.4 Å². The van der Waals surface area contributed by atoms with Crippen LogP contribution < -0.4 is 0 Å². The molecule has 1 aromatic heterocycles. The molecule has 1 heterocycles. The van der Waals surface area contributed by atoms with E-state index in [2.05, 4.69) is 36.4 Å². The molecule has 0 bridgehead atoms. The molecule has 18 heavy (non-hydrogen) atoms. The molecule has 3 nitrogen and oxygen atoms in total. The number of aromatic nitrogens is 2. The lowest BCUT2D eigenvalue weighted by molar-refractivity contribution is 0.241. The first-order valence-corrected chi connectivity index (χ1v) is 8.19. The Hall–Kier alpha value is -0.480. The van der Waals surface area contributed by atoms with Crippen LogP contribution in [0.2, 0.25) is 0 Å². The number of nitrogens with zero attached hydrogens (tertiary/aromatic N) is 3. The molecule has 1 aliphatic carbocycles. The maximum absolute atomic E-state index is 4.53. The van der Waals surface area contributed by atoms with Crippen LogP contribution >= 0.6 is 11.8 Å². The second-order valence-corrected chi connectivity index (χ2v) is 6.39. The molecule has 0 aromatic carbocycles. The molecular weight excluding hydrogens is 242 g/mol. The summed E-state index contributed by atoms with van der Waals surface area (Å²) in [6.45, 7) is 3.23. The fraction of sp³-hybridized carbons (Fsp3) is 0.786. The van der Waals surface area contributed by atoms with Crippen LogP contribution in [0.5, 0.6) is 0 Å². The van der Waals surface area contributed by atoms with Gasteiger partial charge in [-0.15, -0.1) is 0 Å². The third-order valence-electron chi connectivity index (χ3n) is 4.03. The molecule has 0 aliphatic heterocycles. The summed E-state index contributed by atoms with van der Waals surface area (Å²) in [5.41, 5.74) is 2.65. The van der Waals surface area contributed by atoms with Crippen molar-refractivity contribution in [1.29, 1.82) is 0 Å². The highest BCUT2D eigenvalue weighted by Crippen LogP contribution is 2.32. The van der Waals surface area contributed by atoms with E-state index in [1.165, 1.54) is 30.5 Å². The third kappa shape index (κ3) is 2.91. The van der Waals surface area contributed by atoms with Gasteiger partial charge in [0.25, 0.3) is 0 Å². The molecule has 2 atom stereocenters. The van der Waals surface area contributed by atoms with Crippen molar-refractivity contribution >= 4 is 11.8 Å². The van der Waals surface area contributed by atoms with Crippen molar-refractivity contribution in [2.24, 2.45) is 7.05 Å². The fourth-order valence-electron chi connectivity index (χ4n) is 3.08. The number of hydrogen-bond donors (Lipinski definition) is 0. The zero-order valence-electron chi connectivity index (χ0n) is 12.0. The van der Waals surface area contributed by atoms with Gasteiger partial charge in [0, 0.05) is 36.6 Å². The molecule has 0 amide bonds. The molecule has 102 valence electrons. The summed E-state index contributed by atoms with van der Waals surface area (Å²) >= 11 is 2.03. The monoisotopic (exact) mass is 267 g/mol. The number of hydrogen-bond acceptors (Lipinski definition) is 3. The molecule has 0 radical (unpaired) electrons. The first-order valence-electron chi connectivity index (χ1n) is 6.90. The summed E-state index contributed by atoms with van der Waals surface area (Å²) in [5, 5.41) is 5.35. The van der Waals surface area contributed by atoms with Crippen molar-refractivity contribution in [3.63, 3.8) is 0 Å². The summed E-state index contributed by atoms with van der Waals surface area (Å²) < 4.78 is 1.95. The van der Waals surface area contributed by atoms with Crippen molar-refractivity contribution in [3.05, 3.63) is 17.5 Å². The zero-order valence-corrected chi connectivity index (χ0v) is 12.8. The quantitative estimate of drug-likeness (QED) is 0.818. The van der Waals surface area contributed by atoms with Crippen molar-refractivity contribution < 1.29 is 0 Å². The van der Waals surface area contributed by atoms with E-state index in [1.807, 2.05) is 23.5 Å². The molecule has 1 saturated carbocycles. The van der Waals surface area contributed by atoms with Gasteiger partial charge in [-0.3, -0.25) is 9.58 Å². The van der Waals surface area contributed by atoms with Gasteiger partial charge in [-0.25, -0.2) is 0 Å². The average molecular weight is 267 g/mol. The van der Waals surface area contributed by atoms with Crippen LogP contribution in [0.4, 0.5) is 0 Å². The highest BCUT2D eigenvalue weighted by Gasteiger charge is 2.29. The summed E-state index contributed by atoms with van der Waals surface area (Å²) in [6.07, 6.45) is 9.57. The van der Waals surface area contributed by atoms with Gasteiger partial charge in [-0.1, -0.05) is 13.3 Å². The normalized spacial score (nSPS) is 24.1. The standard InChI is InChI=1S/C14H25N3S/c1-5-12-11(10-17(3)15-12)9-16(2)13-7-6-8-14(13)18-4/h10,13-14H,5-9H2,1-4H3. The summed E-state index contributed by atoms with van der Waals surface area (Å²) in [7, 11) is 4.29. The minimum absolute atomic E-state index is 0.741. The smallest absolute Gasteiger partial charge is 0.0666 e. The lowest BCUT2D eigenvalue weighted by atomic mass is 10.1. The van der Waals surface area contributed by atoms with Gasteiger partial charge >= 0.3 is 0 Å². The van der Waals surface area contributed by atoms with Crippen molar-refractivity contribution in [3.8, 4) is 0 Å². The van der Waals surface area contributed by atoms with Gasteiger partial charge < -0.3 is 0 Å². The van der Waals surface area contributed by atoms with Crippen LogP contribution in [0.25, 0.3) is 0 Å². The van der Waals surface area contributed by atoms with Gasteiger partial charge in [0.05, 0.1) is 5.69 Å². The predicted molar refractivity (Wildman–Crippen MR) is 79.0 cm³/mol. The van der Waals surface area contributed by atoms with Crippen molar-refractivity contribution in [2.75, 3.05) is 13.3 Å². The maximum Gasteiger partial charge on any atom is 0.0666 e. The molecular formula is C14H25N3S. The van der Waals surface area contributed by atoms with E-state index in [9.17, 15) is 0 Å². The predicted octanol–water partition coefficient (Wildman–Crippen LogP) is 2.70. The topological polar surface area (TPSA) is 21.1 Å². The Labute approximate surface area is 115 Å². The lowest BCUT2D eigenvalue weighted by Crippen LogP contribution is -2.35. The van der Waals surface area contributed by atoms with Gasteiger partial charge in [-0.05, 0) is 32.6 Å². The number of aryl methyl sites for hydroxylation is 2. The highest BCUT2D eigenvalue weighted by molar-refractivity contribution is 7.99. The molecule has 0 N–H and O–H groups in total. The van der Waals surface area contributed by atoms with E-state index >= 15 is 0 Å².